The van der Waals surface area contributed by atoms with Gasteiger partial charge in [0.05, 0.1) is 6.54 Å². The average molecular weight is 199 g/mol. The fraction of sp³-hybridized carbons (Fsp3) is 0.900. The first-order valence-corrected chi connectivity index (χ1v) is 6.27. The lowest BCUT2D eigenvalue weighted by Gasteiger charge is -2.32. The molecule has 2 nitrogen and oxygen atoms in total. The molecule has 0 bridgehead atoms. The zero-order valence-corrected chi connectivity index (χ0v) is 8.98. The van der Waals surface area contributed by atoms with Crippen molar-refractivity contribution in [3.8, 4) is 0 Å². The molecule has 0 amide bonds. The third-order valence-electron chi connectivity index (χ3n) is 2.90. The molecule has 74 valence electrons. The summed E-state index contributed by atoms with van der Waals surface area (Å²) < 4.78 is 0. The number of carbonyl (C=O) groups is 1. The van der Waals surface area contributed by atoms with E-state index >= 15 is 0 Å². The summed E-state index contributed by atoms with van der Waals surface area (Å²) in [5.74, 6) is 3.31. The Hall–Kier alpha value is -0.0200. The minimum atomic E-state index is 0.432. The first-order valence-electron chi connectivity index (χ1n) is 5.12. The Balaban J connectivity index is 1.81. The predicted molar refractivity (Wildman–Crippen MR) is 56.1 cm³/mol. The zero-order chi connectivity index (χ0) is 9.26. The number of nitrogens with zero attached hydrogens (tertiary/aromatic N) is 1. The molecule has 0 radical (unpaired) electrons. The summed E-state index contributed by atoms with van der Waals surface area (Å²) in [5.41, 5.74) is 0. The van der Waals surface area contributed by atoms with Crippen LogP contribution >= 0.6 is 11.8 Å². The quantitative estimate of drug-likeness (QED) is 0.685. The number of ketones is 1. The van der Waals surface area contributed by atoms with Gasteiger partial charge in [-0.05, 0) is 19.8 Å². The Labute approximate surface area is 84.1 Å². The highest BCUT2D eigenvalue weighted by Crippen LogP contribution is 2.30. The van der Waals surface area contributed by atoms with E-state index in [2.05, 4.69) is 11.8 Å². The second kappa shape index (κ2) is 4.01. The van der Waals surface area contributed by atoms with Crippen LogP contribution in [0.1, 0.15) is 19.8 Å². The van der Waals surface area contributed by atoms with E-state index in [-0.39, 0.29) is 0 Å². The second-order valence-electron chi connectivity index (χ2n) is 4.13. The van der Waals surface area contributed by atoms with Crippen molar-refractivity contribution in [3.05, 3.63) is 0 Å². The molecule has 1 atom stereocenters. The van der Waals surface area contributed by atoms with Crippen LogP contribution in [0.3, 0.4) is 0 Å². The first kappa shape index (κ1) is 9.53. The van der Waals surface area contributed by atoms with Crippen LogP contribution < -0.4 is 0 Å². The number of Topliss-reactive ketones (excluding diaryl/α,β-unsaturated/α-hetero) is 1. The first-order chi connectivity index (χ1) is 6.27. The average Bonchev–Trinajstić information content (AvgIpc) is 2.91. The third kappa shape index (κ3) is 2.47. The summed E-state index contributed by atoms with van der Waals surface area (Å²) in [6, 6.07) is 0.599. The van der Waals surface area contributed by atoms with Gasteiger partial charge in [0.25, 0.3) is 0 Å². The van der Waals surface area contributed by atoms with Gasteiger partial charge < -0.3 is 0 Å². The van der Waals surface area contributed by atoms with Crippen LogP contribution in [0.15, 0.2) is 0 Å². The van der Waals surface area contributed by atoms with Crippen molar-refractivity contribution in [1.29, 1.82) is 0 Å². The van der Waals surface area contributed by atoms with Crippen LogP contribution in [-0.4, -0.2) is 41.3 Å². The SMILES string of the molecule is CC1CSCCN1CC(=O)C1CC1. The summed E-state index contributed by atoms with van der Waals surface area (Å²) in [6.07, 6.45) is 2.30. The lowest BCUT2D eigenvalue weighted by molar-refractivity contribution is -0.121. The molecule has 3 heteroatoms. The van der Waals surface area contributed by atoms with Crippen LogP contribution in [-0.2, 0) is 4.79 Å². The number of hydrogen-bond donors (Lipinski definition) is 0. The van der Waals surface area contributed by atoms with Crippen molar-refractivity contribution < 1.29 is 4.79 Å². The summed E-state index contributed by atoms with van der Waals surface area (Å²) in [6.45, 7) is 4.04. The Bertz CT molecular complexity index is 203. The van der Waals surface area contributed by atoms with Crippen molar-refractivity contribution >= 4 is 17.5 Å². The predicted octanol–water partition coefficient (Wildman–Crippen LogP) is 1.40. The molecule has 0 aromatic carbocycles. The third-order valence-corrected chi connectivity index (χ3v) is 4.09. The smallest absolute Gasteiger partial charge is 0.149 e. The summed E-state index contributed by atoms with van der Waals surface area (Å²) in [7, 11) is 0. The molecule has 2 rings (SSSR count). The molecular weight excluding hydrogens is 182 g/mol. The monoisotopic (exact) mass is 199 g/mol. The Kier molecular flexibility index (Phi) is 2.94. The Morgan fingerprint density at radius 1 is 1.54 bits per heavy atom. The molecule has 1 saturated carbocycles. The molecule has 1 aliphatic heterocycles. The molecule has 13 heavy (non-hydrogen) atoms. The van der Waals surface area contributed by atoms with Crippen LogP contribution in [0.2, 0.25) is 0 Å². The van der Waals surface area contributed by atoms with Gasteiger partial charge >= 0.3 is 0 Å². The maximum atomic E-state index is 11.6. The van der Waals surface area contributed by atoms with Crippen molar-refractivity contribution in [1.82, 2.24) is 4.90 Å². The van der Waals surface area contributed by atoms with E-state index in [1.54, 1.807) is 0 Å². The minimum Gasteiger partial charge on any atom is -0.298 e. The van der Waals surface area contributed by atoms with Gasteiger partial charge in [0.15, 0.2) is 0 Å². The number of thioether (sulfide) groups is 1. The highest BCUT2D eigenvalue weighted by Gasteiger charge is 2.31. The van der Waals surface area contributed by atoms with Gasteiger partial charge in [0.2, 0.25) is 0 Å². The van der Waals surface area contributed by atoms with Crippen LogP contribution in [0.4, 0.5) is 0 Å². The topological polar surface area (TPSA) is 20.3 Å². The van der Waals surface area contributed by atoms with E-state index in [1.807, 2.05) is 11.8 Å². The standard InChI is InChI=1S/C10H17NOS/c1-8-7-13-5-4-11(8)6-10(12)9-2-3-9/h8-9H,2-7H2,1H3. The maximum absolute atomic E-state index is 11.6. The molecule has 2 fully saturated rings. The van der Waals surface area contributed by atoms with Crippen LogP contribution in [0, 0.1) is 5.92 Å². The van der Waals surface area contributed by atoms with Crippen molar-refractivity contribution in [3.63, 3.8) is 0 Å². The number of hydrogen-bond acceptors (Lipinski definition) is 3. The highest BCUT2D eigenvalue weighted by molar-refractivity contribution is 7.99. The summed E-state index contributed by atoms with van der Waals surface area (Å²) in [5, 5.41) is 0. The van der Waals surface area contributed by atoms with Crippen molar-refractivity contribution in [2.24, 2.45) is 5.92 Å². The van der Waals surface area contributed by atoms with Gasteiger partial charge in [-0.2, -0.15) is 11.8 Å². The van der Waals surface area contributed by atoms with E-state index in [1.165, 1.54) is 11.5 Å². The van der Waals surface area contributed by atoms with Crippen LogP contribution in [0.5, 0.6) is 0 Å². The molecule has 0 aromatic heterocycles. The van der Waals surface area contributed by atoms with Gasteiger partial charge in [-0.3, -0.25) is 9.69 Å². The van der Waals surface area contributed by atoms with Gasteiger partial charge in [-0.25, -0.2) is 0 Å². The fourth-order valence-corrected chi connectivity index (χ4v) is 2.81. The Morgan fingerprint density at radius 3 is 2.92 bits per heavy atom. The van der Waals surface area contributed by atoms with E-state index in [0.29, 0.717) is 24.3 Å². The molecule has 0 aromatic rings. The van der Waals surface area contributed by atoms with E-state index < -0.39 is 0 Å². The molecule has 2 aliphatic rings. The van der Waals surface area contributed by atoms with Gasteiger partial charge in [0, 0.05) is 30.0 Å². The maximum Gasteiger partial charge on any atom is 0.149 e. The second-order valence-corrected chi connectivity index (χ2v) is 5.28. The molecule has 0 N–H and O–H groups in total. The lowest BCUT2D eigenvalue weighted by atomic mass is 10.2. The van der Waals surface area contributed by atoms with E-state index in [9.17, 15) is 4.79 Å². The summed E-state index contributed by atoms with van der Waals surface area (Å²) in [4.78, 5) is 13.9. The zero-order valence-electron chi connectivity index (χ0n) is 8.16. The molecule has 1 aliphatic carbocycles. The molecule has 1 heterocycles. The van der Waals surface area contributed by atoms with Crippen molar-refractivity contribution in [2.45, 2.75) is 25.8 Å². The Morgan fingerprint density at radius 2 is 2.31 bits per heavy atom. The normalized spacial score (nSPS) is 30.4. The molecule has 1 saturated heterocycles. The van der Waals surface area contributed by atoms with Crippen LogP contribution in [0.25, 0.3) is 0 Å². The number of rotatable bonds is 3. The molecular formula is C10H17NOS. The fourth-order valence-electron chi connectivity index (χ4n) is 1.73. The minimum absolute atomic E-state index is 0.432. The highest BCUT2D eigenvalue weighted by atomic mass is 32.2. The lowest BCUT2D eigenvalue weighted by Crippen LogP contribution is -2.43. The van der Waals surface area contributed by atoms with E-state index in [0.717, 1.165) is 19.4 Å². The van der Waals surface area contributed by atoms with Gasteiger partial charge in [0.1, 0.15) is 5.78 Å². The van der Waals surface area contributed by atoms with Crippen molar-refractivity contribution in [2.75, 3.05) is 24.6 Å². The van der Waals surface area contributed by atoms with Gasteiger partial charge in [-0.1, -0.05) is 0 Å². The summed E-state index contributed by atoms with van der Waals surface area (Å²) >= 11 is 2.00. The molecule has 1 unspecified atom stereocenters. The number of carbonyl (C=O) groups excluding carboxylic acids is 1. The molecule has 0 spiro atoms. The van der Waals surface area contributed by atoms with Gasteiger partial charge in [-0.15, -0.1) is 0 Å². The van der Waals surface area contributed by atoms with E-state index in [4.69, 9.17) is 0 Å². The largest absolute Gasteiger partial charge is 0.298 e.